The molecule has 2 saturated heterocycles. The summed E-state index contributed by atoms with van der Waals surface area (Å²) in [5, 5.41) is 5.52. The summed E-state index contributed by atoms with van der Waals surface area (Å²) in [6, 6.07) is 0.256. The number of rotatable bonds is 7. The predicted molar refractivity (Wildman–Crippen MR) is 148 cm³/mol. The molecule has 11 nitrogen and oxygen atoms in total. The lowest BCUT2D eigenvalue weighted by Crippen LogP contribution is -2.62. The van der Waals surface area contributed by atoms with E-state index in [0.717, 1.165) is 18.9 Å². The van der Waals surface area contributed by atoms with Crippen molar-refractivity contribution in [2.45, 2.75) is 43.9 Å². The topological polar surface area (TPSA) is 117 Å². The quantitative estimate of drug-likeness (QED) is 0.482. The van der Waals surface area contributed by atoms with Crippen LogP contribution in [0.15, 0.2) is 40.0 Å². The Hall–Kier alpha value is -3.91. The smallest absolute Gasteiger partial charge is 0.338 e. The second-order valence-electron chi connectivity index (χ2n) is 10.7. The number of halogens is 2. The van der Waals surface area contributed by atoms with Crippen LogP contribution < -0.4 is 5.32 Å². The first-order valence-electron chi connectivity index (χ1n) is 13.6. The maximum Gasteiger partial charge on any atom is 0.338 e. The van der Waals surface area contributed by atoms with Gasteiger partial charge in [-0.1, -0.05) is 6.07 Å². The van der Waals surface area contributed by atoms with Crippen molar-refractivity contribution >= 4 is 35.1 Å². The monoisotopic (exact) mass is 600 g/mol. The first-order chi connectivity index (χ1) is 20.2. The average molecular weight is 601 g/mol. The van der Waals surface area contributed by atoms with Crippen molar-refractivity contribution in [2.24, 2.45) is 4.99 Å². The molecule has 3 unspecified atom stereocenters. The summed E-state index contributed by atoms with van der Waals surface area (Å²) in [7, 11) is 2.54. The van der Waals surface area contributed by atoms with Crippen LogP contribution in [-0.2, 0) is 19.1 Å². The first kappa shape index (κ1) is 28.2. The Labute approximate surface area is 244 Å². The molecule has 0 radical (unpaired) electrons. The highest BCUT2D eigenvalue weighted by Gasteiger charge is 2.53. The molecule has 0 spiro atoms. The number of fused-ring (bicyclic) bond motifs is 1. The molecule has 1 N–H and O–H groups in total. The molecule has 2 aromatic rings. The summed E-state index contributed by atoms with van der Waals surface area (Å²) in [5.74, 6) is -2.91. The predicted octanol–water partition coefficient (Wildman–Crippen LogP) is 2.37. The number of ether oxygens (including phenoxy) is 2. The molecule has 0 bridgehead atoms. The molecule has 14 heteroatoms. The minimum atomic E-state index is -1.04. The normalized spacial score (nSPS) is 24.4. The Morgan fingerprint density at radius 2 is 1.93 bits per heavy atom. The van der Waals surface area contributed by atoms with Crippen molar-refractivity contribution in [3.05, 3.63) is 62.7 Å². The number of esters is 2. The first-order valence-corrected chi connectivity index (χ1v) is 14.5. The fourth-order valence-corrected chi connectivity index (χ4v) is 6.63. The Kier molecular flexibility index (Phi) is 7.43. The number of amides is 2. The molecule has 1 aromatic carbocycles. The van der Waals surface area contributed by atoms with Gasteiger partial charge in [0.25, 0.3) is 0 Å². The van der Waals surface area contributed by atoms with Gasteiger partial charge >= 0.3 is 18.0 Å². The summed E-state index contributed by atoms with van der Waals surface area (Å²) >= 11 is 1.32. The molecule has 3 aliphatic heterocycles. The zero-order valence-corrected chi connectivity index (χ0v) is 24.1. The maximum absolute atomic E-state index is 14.7. The average Bonchev–Trinajstić information content (AvgIpc) is 3.57. The highest BCUT2D eigenvalue weighted by atomic mass is 32.1. The van der Waals surface area contributed by atoms with E-state index in [9.17, 15) is 23.2 Å². The van der Waals surface area contributed by atoms with Crippen LogP contribution in [0.2, 0.25) is 0 Å². The van der Waals surface area contributed by atoms with Gasteiger partial charge in [-0.25, -0.2) is 23.4 Å². The lowest BCUT2D eigenvalue weighted by Gasteiger charge is -2.43. The van der Waals surface area contributed by atoms with Crippen molar-refractivity contribution in [1.82, 2.24) is 25.0 Å². The number of amidine groups is 1. The van der Waals surface area contributed by atoms with E-state index in [1.807, 2.05) is 9.80 Å². The van der Waals surface area contributed by atoms with Crippen molar-refractivity contribution in [1.29, 1.82) is 0 Å². The van der Waals surface area contributed by atoms with E-state index < -0.39 is 41.7 Å². The second kappa shape index (κ2) is 11.1. The molecule has 1 saturated carbocycles. The van der Waals surface area contributed by atoms with Crippen molar-refractivity contribution < 1.29 is 32.6 Å². The van der Waals surface area contributed by atoms with Gasteiger partial charge in [-0.3, -0.25) is 14.7 Å². The van der Waals surface area contributed by atoms with E-state index in [1.165, 1.54) is 38.5 Å². The van der Waals surface area contributed by atoms with Crippen LogP contribution in [-0.4, -0.2) is 102 Å². The summed E-state index contributed by atoms with van der Waals surface area (Å²) in [6.07, 6.45) is 3.50. The van der Waals surface area contributed by atoms with Crippen molar-refractivity contribution in [2.75, 3.05) is 40.4 Å². The number of nitrogens with zero attached hydrogens (tertiary/aromatic N) is 5. The molecule has 6 rings (SSSR count). The summed E-state index contributed by atoms with van der Waals surface area (Å²) < 4.78 is 39.2. The molecular formula is C28H30F2N6O5S. The number of piperazine rings is 1. The van der Waals surface area contributed by atoms with Crippen LogP contribution in [0, 0.1) is 18.6 Å². The van der Waals surface area contributed by atoms with Gasteiger partial charge in [0.2, 0.25) is 0 Å². The van der Waals surface area contributed by atoms with Crippen LogP contribution in [0.25, 0.3) is 0 Å². The molecule has 2 amide bonds. The van der Waals surface area contributed by atoms with Crippen LogP contribution >= 0.6 is 11.3 Å². The number of carbonyl (C=O) groups excluding carboxylic acids is 3. The van der Waals surface area contributed by atoms with E-state index in [4.69, 9.17) is 14.5 Å². The molecule has 3 fully saturated rings. The summed E-state index contributed by atoms with van der Waals surface area (Å²) in [4.78, 5) is 54.2. The van der Waals surface area contributed by atoms with Gasteiger partial charge in [-0.15, -0.1) is 11.3 Å². The number of urea groups is 1. The fourth-order valence-electron chi connectivity index (χ4n) is 6.04. The van der Waals surface area contributed by atoms with Gasteiger partial charge in [-0.05, 0) is 37.0 Å². The number of aromatic nitrogens is 1. The Morgan fingerprint density at radius 3 is 2.60 bits per heavy atom. The minimum Gasteiger partial charge on any atom is -0.468 e. The molecule has 3 atom stereocenters. The van der Waals surface area contributed by atoms with Gasteiger partial charge in [0.15, 0.2) is 22.5 Å². The van der Waals surface area contributed by atoms with E-state index in [0.29, 0.717) is 36.2 Å². The van der Waals surface area contributed by atoms with Gasteiger partial charge < -0.3 is 24.6 Å². The van der Waals surface area contributed by atoms with Crippen LogP contribution in [0.4, 0.5) is 13.6 Å². The molecule has 1 aromatic heterocycles. The van der Waals surface area contributed by atoms with Gasteiger partial charge in [0, 0.05) is 49.5 Å². The second-order valence-corrected chi connectivity index (χ2v) is 11.6. The number of hydrogen-bond donors (Lipinski definition) is 1. The molecule has 4 aliphatic rings. The number of methoxy groups -OCH3 is 2. The van der Waals surface area contributed by atoms with Gasteiger partial charge in [-0.2, -0.15) is 0 Å². The zero-order chi connectivity index (χ0) is 29.7. The van der Waals surface area contributed by atoms with Crippen molar-refractivity contribution in [3.8, 4) is 0 Å². The number of carbonyl (C=O) groups is 3. The van der Waals surface area contributed by atoms with Gasteiger partial charge in [0.05, 0.1) is 25.8 Å². The number of benzene rings is 1. The van der Waals surface area contributed by atoms with E-state index in [2.05, 4.69) is 10.3 Å². The van der Waals surface area contributed by atoms with Gasteiger partial charge in [0.1, 0.15) is 12.1 Å². The maximum atomic E-state index is 14.7. The lowest BCUT2D eigenvalue weighted by molar-refractivity contribution is -0.150. The SMILES string of the molecule is COC(=O)C1=C(CN2CCN3C(=O)N(C4CC4)CC3C2C(=O)OC)NC(c2nccs2)=NC1c1ccc(F)c(F)c1C. The van der Waals surface area contributed by atoms with E-state index in [-0.39, 0.29) is 35.3 Å². The number of aliphatic imine (C=N–C) groups is 1. The molecule has 42 heavy (non-hydrogen) atoms. The Morgan fingerprint density at radius 1 is 1.14 bits per heavy atom. The largest absolute Gasteiger partial charge is 0.468 e. The Bertz CT molecular complexity index is 1490. The van der Waals surface area contributed by atoms with E-state index in [1.54, 1.807) is 16.5 Å². The standard InChI is InChI=1S/C28H30F2N6O5S/c1-14-16(6-7-17(29)21(14)30)22-20(26(37)40-2)18(32-24(33-22)25-31-8-11-42-25)12-34-9-10-35-19(23(34)27(38)41-3)13-36(28(35)39)15-4-5-15/h6-8,11,15,19,22-23H,4-5,9-10,12-13H2,1-3H3,(H,32,33). The van der Waals surface area contributed by atoms with Crippen LogP contribution in [0.1, 0.15) is 35.0 Å². The highest BCUT2D eigenvalue weighted by Crippen LogP contribution is 2.38. The third-order valence-corrected chi connectivity index (χ3v) is 9.07. The molecular weight excluding hydrogens is 570 g/mol. The summed E-state index contributed by atoms with van der Waals surface area (Å²) in [5.41, 5.74) is 0.774. The fraction of sp³-hybridized carbons (Fsp3) is 0.464. The van der Waals surface area contributed by atoms with Crippen LogP contribution in [0.5, 0.6) is 0 Å². The Balaban J connectivity index is 1.42. The number of hydrogen-bond acceptors (Lipinski definition) is 10. The highest BCUT2D eigenvalue weighted by molar-refractivity contribution is 7.11. The lowest BCUT2D eigenvalue weighted by atomic mass is 9.91. The minimum absolute atomic E-state index is 0.00980. The van der Waals surface area contributed by atoms with Crippen molar-refractivity contribution in [3.63, 3.8) is 0 Å². The molecule has 1 aliphatic carbocycles. The third-order valence-electron chi connectivity index (χ3n) is 8.29. The van der Waals surface area contributed by atoms with E-state index >= 15 is 0 Å². The zero-order valence-electron chi connectivity index (χ0n) is 23.3. The summed E-state index contributed by atoms with van der Waals surface area (Å²) in [6.45, 7) is 2.62. The number of nitrogens with one attached hydrogen (secondary N) is 1. The number of thiazole rings is 1. The molecule has 4 heterocycles. The third kappa shape index (κ3) is 4.81. The molecule has 222 valence electrons. The van der Waals surface area contributed by atoms with Crippen LogP contribution in [0.3, 0.4) is 0 Å².